The second-order valence-electron chi connectivity index (χ2n) is 5.85. The van der Waals surface area contributed by atoms with Crippen molar-refractivity contribution in [1.29, 1.82) is 0 Å². The topological polar surface area (TPSA) is 37.4 Å². The minimum Gasteiger partial charge on any atom is -0.435 e. The van der Waals surface area contributed by atoms with Crippen LogP contribution in [0.3, 0.4) is 0 Å². The Balaban J connectivity index is 1.43. The molecule has 3 rings (SSSR count). The molecule has 0 spiro atoms. The van der Waals surface area contributed by atoms with Gasteiger partial charge in [0.05, 0.1) is 0 Å². The minimum absolute atomic E-state index is 0.192. The molecule has 1 N–H and O–H groups in total. The fourth-order valence-corrected chi connectivity index (χ4v) is 2.90. The highest BCUT2D eigenvalue weighted by Gasteiger charge is 2.19. The number of alkyl halides is 2. The van der Waals surface area contributed by atoms with Gasteiger partial charge in [-0.2, -0.15) is 8.78 Å². The Labute approximate surface area is 140 Å². The molecule has 0 bridgehead atoms. The van der Waals surface area contributed by atoms with Crippen LogP contribution in [0.15, 0.2) is 48.7 Å². The lowest BCUT2D eigenvalue weighted by Gasteiger charge is -2.33. The van der Waals surface area contributed by atoms with Crippen LogP contribution in [-0.4, -0.2) is 30.7 Å². The van der Waals surface area contributed by atoms with Crippen molar-refractivity contribution in [1.82, 2.24) is 10.3 Å². The van der Waals surface area contributed by atoms with Crippen LogP contribution in [0.25, 0.3) is 0 Å². The molecular formula is C18H21F2N3O. The van der Waals surface area contributed by atoms with Crippen molar-refractivity contribution in [2.24, 2.45) is 0 Å². The zero-order valence-corrected chi connectivity index (χ0v) is 13.4. The Hall–Kier alpha value is -2.21. The van der Waals surface area contributed by atoms with Crippen LogP contribution >= 0.6 is 0 Å². The van der Waals surface area contributed by atoms with Crippen molar-refractivity contribution in [2.45, 2.75) is 32.0 Å². The molecule has 0 atom stereocenters. The first kappa shape index (κ1) is 16.6. The van der Waals surface area contributed by atoms with Gasteiger partial charge < -0.3 is 15.0 Å². The van der Waals surface area contributed by atoms with E-state index in [1.807, 2.05) is 36.5 Å². The molecule has 1 aromatic carbocycles. The number of nitrogens with one attached hydrogen (secondary N) is 1. The second-order valence-corrected chi connectivity index (χ2v) is 5.85. The number of rotatable bonds is 6. The number of benzene rings is 1. The number of halogens is 2. The monoisotopic (exact) mass is 333 g/mol. The van der Waals surface area contributed by atoms with Gasteiger partial charge in [0.2, 0.25) is 0 Å². The van der Waals surface area contributed by atoms with Gasteiger partial charge in [-0.3, -0.25) is 0 Å². The SMILES string of the molecule is FC(F)Oc1ccc(CNC2CCN(c3ccccn3)CC2)cc1. The van der Waals surface area contributed by atoms with Gasteiger partial charge in [0.25, 0.3) is 0 Å². The summed E-state index contributed by atoms with van der Waals surface area (Å²) in [6.45, 7) is -0.0900. The van der Waals surface area contributed by atoms with E-state index in [2.05, 4.69) is 19.9 Å². The molecule has 2 heterocycles. The van der Waals surface area contributed by atoms with Gasteiger partial charge in [0.15, 0.2) is 0 Å². The summed E-state index contributed by atoms with van der Waals surface area (Å²) in [4.78, 5) is 6.69. The maximum atomic E-state index is 12.1. The van der Waals surface area contributed by atoms with Crippen LogP contribution in [0.4, 0.5) is 14.6 Å². The van der Waals surface area contributed by atoms with E-state index < -0.39 is 6.61 Å². The van der Waals surface area contributed by atoms with Gasteiger partial charge in [-0.25, -0.2) is 4.98 Å². The molecular weight excluding hydrogens is 312 g/mol. The summed E-state index contributed by atoms with van der Waals surface area (Å²) in [6, 6.07) is 13.2. The highest BCUT2D eigenvalue weighted by molar-refractivity contribution is 5.38. The van der Waals surface area contributed by atoms with Crippen molar-refractivity contribution < 1.29 is 13.5 Å². The van der Waals surface area contributed by atoms with E-state index in [-0.39, 0.29) is 5.75 Å². The lowest BCUT2D eigenvalue weighted by Crippen LogP contribution is -2.42. The predicted molar refractivity (Wildman–Crippen MR) is 89.4 cm³/mol. The largest absolute Gasteiger partial charge is 0.435 e. The minimum atomic E-state index is -2.78. The molecule has 24 heavy (non-hydrogen) atoms. The fourth-order valence-electron chi connectivity index (χ4n) is 2.90. The first-order chi connectivity index (χ1) is 11.7. The molecule has 1 aliphatic rings. The molecule has 0 saturated carbocycles. The maximum Gasteiger partial charge on any atom is 0.387 e. The van der Waals surface area contributed by atoms with Gasteiger partial charge in [-0.15, -0.1) is 0 Å². The highest BCUT2D eigenvalue weighted by atomic mass is 19.3. The smallest absolute Gasteiger partial charge is 0.387 e. The van der Waals surface area contributed by atoms with Crippen LogP contribution in [0.1, 0.15) is 18.4 Å². The normalized spacial score (nSPS) is 15.7. The fraction of sp³-hybridized carbons (Fsp3) is 0.389. The molecule has 1 aliphatic heterocycles. The Morgan fingerprint density at radius 3 is 2.50 bits per heavy atom. The van der Waals surface area contributed by atoms with Crippen molar-refractivity contribution in [3.05, 3.63) is 54.2 Å². The number of pyridine rings is 1. The molecule has 6 heteroatoms. The maximum absolute atomic E-state index is 12.1. The Morgan fingerprint density at radius 2 is 1.88 bits per heavy atom. The average molecular weight is 333 g/mol. The predicted octanol–water partition coefficient (Wildman–Crippen LogP) is 3.44. The standard InChI is InChI=1S/C18H21F2N3O/c19-18(20)24-16-6-4-14(5-7-16)13-22-15-8-11-23(12-9-15)17-3-1-2-10-21-17/h1-7,10,15,18,22H,8-9,11-13H2. The third-order valence-corrected chi connectivity index (χ3v) is 4.21. The lowest BCUT2D eigenvalue weighted by molar-refractivity contribution is -0.0498. The van der Waals surface area contributed by atoms with Crippen LogP contribution in [0.5, 0.6) is 5.75 Å². The first-order valence-corrected chi connectivity index (χ1v) is 8.14. The number of anilines is 1. The number of aromatic nitrogens is 1. The van der Waals surface area contributed by atoms with Crippen LogP contribution in [-0.2, 0) is 6.54 Å². The summed E-state index contributed by atoms with van der Waals surface area (Å²) >= 11 is 0. The summed E-state index contributed by atoms with van der Waals surface area (Å²) in [5.41, 5.74) is 1.06. The molecule has 0 radical (unpaired) electrons. The molecule has 4 nitrogen and oxygen atoms in total. The summed E-state index contributed by atoms with van der Waals surface area (Å²) in [5, 5.41) is 3.53. The number of piperidine rings is 1. The van der Waals surface area contributed by atoms with E-state index >= 15 is 0 Å². The van der Waals surface area contributed by atoms with Crippen LogP contribution in [0, 0.1) is 0 Å². The van der Waals surface area contributed by atoms with E-state index in [1.165, 1.54) is 0 Å². The summed E-state index contributed by atoms with van der Waals surface area (Å²) in [5.74, 6) is 1.22. The van der Waals surface area contributed by atoms with Gasteiger partial charge in [0.1, 0.15) is 11.6 Å². The molecule has 1 saturated heterocycles. The average Bonchev–Trinajstić information content (AvgIpc) is 2.62. The molecule has 1 aromatic heterocycles. The van der Waals surface area contributed by atoms with Crippen molar-refractivity contribution in [3.63, 3.8) is 0 Å². The van der Waals surface area contributed by atoms with Gasteiger partial charge >= 0.3 is 6.61 Å². The summed E-state index contributed by atoms with van der Waals surface area (Å²) in [6.07, 6.45) is 3.94. The van der Waals surface area contributed by atoms with E-state index in [0.29, 0.717) is 6.04 Å². The molecule has 128 valence electrons. The van der Waals surface area contributed by atoms with Gasteiger partial charge in [0, 0.05) is 31.9 Å². The van der Waals surface area contributed by atoms with E-state index in [9.17, 15) is 8.78 Å². The first-order valence-electron chi connectivity index (χ1n) is 8.14. The third kappa shape index (κ3) is 4.64. The third-order valence-electron chi connectivity index (χ3n) is 4.21. The Kier molecular flexibility index (Phi) is 5.59. The second kappa shape index (κ2) is 8.06. The van der Waals surface area contributed by atoms with Gasteiger partial charge in [-0.05, 0) is 42.7 Å². The molecule has 0 amide bonds. The van der Waals surface area contributed by atoms with Crippen molar-refractivity contribution >= 4 is 5.82 Å². The summed E-state index contributed by atoms with van der Waals surface area (Å²) in [7, 11) is 0. The summed E-state index contributed by atoms with van der Waals surface area (Å²) < 4.78 is 28.6. The van der Waals surface area contributed by atoms with Crippen molar-refractivity contribution in [3.8, 4) is 5.75 Å². The number of ether oxygens (including phenoxy) is 1. The molecule has 0 unspecified atom stereocenters. The van der Waals surface area contributed by atoms with E-state index in [0.717, 1.165) is 43.9 Å². The number of hydrogen-bond acceptors (Lipinski definition) is 4. The molecule has 1 fully saturated rings. The van der Waals surface area contributed by atoms with Crippen molar-refractivity contribution in [2.75, 3.05) is 18.0 Å². The molecule has 0 aliphatic carbocycles. The Morgan fingerprint density at radius 1 is 1.12 bits per heavy atom. The van der Waals surface area contributed by atoms with Gasteiger partial charge in [-0.1, -0.05) is 18.2 Å². The number of nitrogens with zero attached hydrogens (tertiary/aromatic N) is 2. The quantitative estimate of drug-likeness (QED) is 0.879. The zero-order valence-electron chi connectivity index (χ0n) is 13.4. The Bertz CT molecular complexity index is 614. The van der Waals surface area contributed by atoms with Crippen LogP contribution in [0.2, 0.25) is 0 Å². The van der Waals surface area contributed by atoms with E-state index in [1.54, 1.807) is 12.1 Å². The lowest BCUT2D eigenvalue weighted by atomic mass is 10.0. The highest BCUT2D eigenvalue weighted by Crippen LogP contribution is 2.18. The number of hydrogen-bond donors (Lipinski definition) is 1. The molecule has 2 aromatic rings. The van der Waals surface area contributed by atoms with Crippen LogP contribution < -0.4 is 15.0 Å². The van der Waals surface area contributed by atoms with E-state index in [4.69, 9.17) is 0 Å². The zero-order chi connectivity index (χ0) is 16.8.